The second kappa shape index (κ2) is 3.60. The van der Waals surface area contributed by atoms with Gasteiger partial charge in [-0.25, -0.2) is 0 Å². The molecule has 2 heteroatoms. The number of benzene rings is 1. The van der Waals surface area contributed by atoms with E-state index in [2.05, 4.69) is 24.3 Å². The number of amides is 1. The van der Waals surface area contributed by atoms with Gasteiger partial charge in [-0.3, -0.25) is 4.79 Å². The molecule has 2 nitrogen and oxygen atoms in total. The van der Waals surface area contributed by atoms with E-state index in [-0.39, 0.29) is 0 Å². The minimum Gasteiger partial charge on any atom is -0.334 e. The summed E-state index contributed by atoms with van der Waals surface area (Å²) in [5.74, 6) is 0. The van der Waals surface area contributed by atoms with E-state index < -0.39 is 0 Å². The van der Waals surface area contributed by atoms with Crippen molar-refractivity contribution < 1.29 is 4.79 Å². The van der Waals surface area contributed by atoms with Crippen molar-refractivity contribution in [3.05, 3.63) is 35.4 Å². The molecule has 1 amide bonds. The molecule has 0 spiro atoms. The summed E-state index contributed by atoms with van der Waals surface area (Å²) < 4.78 is 0. The standard InChI is InChI=1S/C11H12NO/c13-9-12-7-5-10-3-1-2-4-11(10)6-8-12/h1-4H,5-8H2. The number of fused-ring (bicyclic) bond motifs is 1. The largest absolute Gasteiger partial charge is 0.334 e. The van der Waals surface area contributed by atoms with Gasteiger partial charge in [0.25, 0.3) is 0 Å². The van der Waals surface area contributed by atoms with Crippen molar-refractivity contribution in [2.45, 2.75) is 12.8 Å². The van der Waals surface area contributed by atoms with E-state index >= 15 is 0 Å². The van der Waals surface area contributed by atoms with Crippen LogP contribution in [0.3, 0.4) is 0 Å². The van der Waals surface area contributed by atoms with E-state index in [9.17, 15) is 4.79 Å². The SMILES string of the molecule is O=[C]N1CCc2ccccc2CC1. The molecular formula is C11H12NO. The maximum atomic E-state index is 10.5. The van der Waals surface area contributed by atoms with Gasteiger partial charge in [0.15, 0.2) is 0 Å². The lowest BCUT2D eigenvalue weighted by Crippen LogP contribution is -2.24. The summed E-state index contributed by atoms with van der Waals surface area (Å²) >= 11 is 0. The minimum atomic E-state index is 0.806. The summed E-state index contributed by atoms with van der Waals surface area (Å²) in [6.07, 6.45) is 3.89. The van der Waals surface area contributed by atoms with Crippen molar-refractivity contribution in [1.29, 1.82) is 0 Å². The van der Waals surface area contributed by atoms with Crippen LogP contribution in [0.4, 0.5) is 0 Å². The van der Waals surface area contributed by atoms with Gasteiger partial charge in [0, 0.05) is 13.1 Å². The van der Waals surface area contributed by atoms with Crippen LogP contribution < -0.4 is 0 Å². The van der Waals surface area contributed by atoms with E-state index in [4.69, 9.17) is 0 Å². The Morgan fingerprint density at radius 1 is 1.08 bits per heavy atom. The first-order valence-corrected chi connectivity index (χ1v) is 4.59. The van der Waals surface area contributed by atoms with Crippen LogP contribution in [0.25, 0.3) is 0 Å². The maximum Gasteiger partial charge on any atom is 0.312 e. The maximum absolute atomic E-state index is 10.5. The van der Waals surface area contributed by atoms with Crippen molar-refractivity contribution in [1.82, 2.24) is 4.90 Å². The lowest BCUT2D eigenvalue weighted by atomic mass is 10.0. The van der Waals surface area contributed by atoms with Crippen molar-refractivity contribution in [2.75, 3.05) is 13.1 Å². The molecule has 0 fully saturated rings. The van der Waals surface area contributed by atoms with Crippen LogP contribution in [0.2, 0.25) is 0 Å². The number of carbonyl (C=O) groups excluding carboxylic acids is 1. The molecule has 0 aliphatic carbocycles. The van der Waals surface area contributed by atoms with Crippen LogP contribution in [-0.4, -0.2) is 24.4 Å². The number of nitrogens with zero attached hydrogens (tertiary/aromatic N) is 1. The van der Waals surface area contributed by atoms with E-state index in [1.807, 2.05) is 6.41 Å². The molecule has 1 aromatic carbocycles. The summed E-state index contributed by atoms with van der Waals surface area (Å²) in [5.41, 5.74) is 2.75. The highest BCUT2D eigenvalue weighted by atomic mass is 16.1. The number of hydrogen-bond acceptors (Lipinski definition) is 1. The molecule has 0 unspecified atom stereocenters. The zero-order valence-corrected chi connectivity index (χ0v) is 7.49. The summed E-state index contributed by atoms with van der Waals surface area (Å²) in [6.45, 7) is 1.61. The molecule has 0 bridgehead atoms. The molecule has 0 N–H and O–H groups in total. The second-order valence-electron chi connectivity index (χ2n) is 3.35. The molecule has 1 radical (unpaired) electrons. The van der Waals surface area contributed by atoms with E-state index in [1.165, 1.54) is 11.1 Å². The van der Waals surface area contributed by atoms with E-state index in [1.54, 1.807) is 4.90 Å². The fourth-order valence-corrected chi connectivity index (χ4v) is 1.76. The normalized spacial score (nSPS) is 16.2. The Labute approximate surface area is 78.2 Å². The Bertz CT molecular complexity index is 282. The van der Waals surface area contributed by atoms with Gasteiger partial charge >= 0.3 is 6.41 Å². The third-order valence-electron chi connectivity index (χ3n) is 2.55. The quantitative estimate of drug-likeness (QED) is 0.625. The summed E-state index contributed by atoms with van der Waals surface area (Å²) in [4.78, 5) is 12.2. The first-order chi connectivity index (χ1) is 6.40. The predicted octanol–water partition coefficient (Wildman–Crippen LogP) is 1.15. The summed E-state index contributed by atoms with van der Waals surface area (Å²) in [7, 11) is 0. The Hall–Kier alpha value is -1.31. The average Bonchev–Trinajstić information content (AvgIpc) is 2.39. The fraction of sp³-hybridized carbons (Fsp3) is 0.364. The van der Waals surface area contributed by atoms with Gasteiger partial charge in [-0.15, -0.1) is 0 Å². The summed E-state index contributed by atoms with van der Waals surface area (Å²) in [6, 6.07) is 8.39. The smallest absolute Gasteiger partial charge is 0.312 e. The van der Waals surface area contributed by atoms with Gasteiger partial charge in [0.2, 0.25) is 0 Å². The molecule has 0 atom stereocenters. The van der Waals surface area contributed by atoms with Crippen LogP contribution in [0.15, 0.2) is 24.3 Å². The highest BCUT2D eigenvalue weighted by Gasteiger charge is 2.11. The highest BCUT2D eigenvalue weighted by molar-refractivity contribution is 5.48. The van der Waals surface area contributed by atoms with Gasteiger partial charge in [0.1, 0.15) is 0 Å². The van der Waals surface area contributed by atoms with Crippen LogP contribution in [0.1, 0.15) is 11.1 Å². The number of hydrogen-bond donors (Lipinski definition) is 0. The fourth-order valence-electron chi connectivity index (χ4n) is 1.76. The molecule has 13 heavy (non-hydrogen) atoms. The Kier molecular flexibility index (Phi) is 2.30. The Morgan fingerprint density at radius 2 is 1.62 bits per heavy atom. The first kappa shape index (κ1) is 8.30. The Balaban J connectivity index is 2.21. The third-order valence-corrected chi connectivity index (χ3v) is 2.55. The van der Waals surface area contributed by atoms with Crippen molar-refractivity contribution in [2.24, 2.45) is 0 Å². The molecule has 1 aliphatic rings. The van der Waals surface area contributed by atoms with Gasteiger partial charge in [-0.2, -0.15) is 0 Å². The summed E-state index contributed by atoms with van der Waals surface area (Å²) in [5, 5.41) is 0. The van der Waals surface area contributed by atoms with Gasteiger partial charge in [-0.05, 0) is 24.0 Å². The monoisotopic (exact) mass is 174 g/mol. The van der Waals surface area contributed by atoms with E-state index in [0.29, 0.717) is 0 Å². The third kappa shape index (κ3) is 1.72. The predicted molar refractivity (Wildman–Crippen MR) is 51.1 cm³/mol. The number of rotatable bonds is 1. The zero-order chi connectivity index (χ0) is 9.10. The molecule has 0 saturated carbocycles. The Morgan fingerprint density at radius 3 is 2.08 bits per heavy atom. The van der Waals surface area contributed by atoms with Crippen molar-refractivity contribution in [3.8, 4) is 0 Å². The molecule has 1 aliphatic heterocycles. The first-order valence-electron chi connectivity index (χ1n) is 4.59. The topological polar surface area (TPSA) is 20.3 Å². The zero-order valence-electron chi connectivity index (χ0n) is 7.49. The minimum absolute atomic E-state index is 0.806. The van der Waals surface area contributed by atoms with Crippen LogP contribution in [0.5, 0.6) is 0 Å². The van der Waals surface area contributed by atoms with Gasteiger partial charge in [0.05, 0.1) is 0 Å². The average molecular weight is 174 g/mol. The molecular weight excluding hydrogens is 162 g/mol. The lowest BCUT2D eigenvalue weighted by Gasteiger charge is -2.10. The van der Waals surface area contributed by atoms with Crippen molar-refractivity contribution in [3.63, 3.8) is 0 Å². The van der Waals surface area contributed by atoms with Crippen LogP contribution in [0, 0.1) is 0 Å². The second-order valence-corrected chi connectivity index (χ2v) is 3.35. The molecule has 67 valence electrons. The highest BCUT2D eigenvalue weighted by Crippen LogP contribution is 2.14. The lowest BCUT2D eigenvalue weighted by molar-refractivity contribution is 0.393. The van der Waals surface area contributed by atoms with Crippen LogP contribution >= 0.6 is 0 Å². The molecule has 2 rings (SSSR count). The molecule has 0 saturated heterocycles. The van der Waals surface area contributed by atoms with Gasteiger partial charge < -0.3 is 4.90 Å². The van der Waals surface area contributed by atoms with E-state index in [0.717, 1.165) is 25.9 Å². The molecule has 0 aromatic heterocycles. The van der Waals surface area contributed by atoms with Crippen molar-refractivity contribution >= 4 is 6.41 Å². The molecule has 1 heterocycles. The van der Waals surface area contributed by atoms with Crippen LogP contribution in [-0.2, 0) is 17.6 Å². The van der Waals surface area contributed by atoms with Gasteiger partial charge in [-0.1, -0.05) is 24.3 Å². The molecule has 1 aromatic rings.